The van der Waals surface area contributed by atoms with E-state index in [4.69, 9.17) is 10.5 Å². The Morgan fingerprint density at radius 2 is 1.58 bits per heavy atom. The zero-order valence-electron chi connectivity index (χ0n) is 21.3. The minimum atomic E-state index is -4.79. The van der Waals surface area contributed by atoms with Crippen molar-refractivity contribution in [1.29, 1.82) is 0 Å². The highest BCUT2D eigenvalue weighted by molar-refractivity contribution is 5.70. The maximum absolute atomic E-state index is 13.6. The van der Waals surface area contributed by atoms with Gasteiger partial charge in [0.1, 0.15) is 0 Å². The number of carbonyl (C=O) groups excluding carboxylic acids is 1. The molecule has 0 aliphatic heterocycles. The van der Waals surface area contributed by atoms with Crippen LogP contribution in [0.3, 0.4) is 0 Å². The summed E-state index contributed by atoms with van der Waals surface area (Å²) in [5.74, 6) is -0.660. The van der Waals surface area contributed by atoms with E-state index in [2.05, 4.69) is 15.5 Å². The number of nitrogens with zero attached hydrogens (tertiary/aromatic N) is 4. The molecule has 0 saturated carbocycles. The summed E-state index contributed by atoms with van der Waals surface area (Å²) in [6.07, 6.45) is -1.03. The predicted molar refractivity (Wildman–Crippen MR) is 136 cm³/mol. The Hall–Kier alpha value is -4.12. The summed E-state index contributed by atoms with van der Waals surface area (Å²) >= 11 is 0. The third-order valence-electron chi connectivity index (χ3n) is 6.07. The SMILES string of the molecule is Cc1cnn(Cc2ccc(Cn3cc(OC(=O)NCc4c(C)cc(CN)cc4C)c(C(F)(F)F)n3)cc2)c1. The van der Waals surface area contributed by atoms with Crippen molar-refractivity contribution in [2.24, 2.45) is 5.73 Å². The van der Waals surface area contributed by atoms with E-state index in [0.29, 0.717) is 13.1 Å². The number of halogens is 3. The predicted octanol–water partition coefficient (Wildman–Crippen LogP) is 4.87. The van der Waals surface area contributed by atoms with Crippen molar-refractivity contribution in [2.75, 3.05) is 0 Å². The van der Waals surface area contributed by atoms with Gasteiger partial charge in [-0.1, -0.05) is 36.4 Å². The van der Waals surface area contributed by atoms with Crippen molar-refractivity contribution in [3.8, 4) is 5.75 Å². The van der Waals surface area contributed by atoms with E-state index in [-0.39, 0.29) is 13.1 Å². The maximum Gasteiger partial charge on any atom is 0.438 e. The van der Waals surface area contributed by atoms with Gasteiger partial charge in [0, 0.05) is 19.3 Å². The van der Waals surface area contributed by atoms with Gasteiger partial charge in [0.2, 0.25) is 5.69 Å². The van der Waals surface area contributed by atoms with E-state index in [1.54, 1.807) is 10.9 Å². The Bertz CT molecular complexity index is 1400. The number of hydrogen-bond acceptors (Lipinski definition) is 5. The van der Waals surface area contributed by atoms with Crippen LogP contribution in [-0.4, -0.2) is 25.7 Å². The van der Waals surface area contributed by atoms with E-state index in [1.165, 1.54) is 0 Å². The number of alkyl halides is 3. The van der Waals surface area contributed by atoms with Crippen LogP contribution in [-0.2, 0) is 32.4 Å². The van der Waals surface area contributed by atoms with Gasteiger partial charge in [-0.25, -0.2) is 4.79 Å². The highest BCUT2D eigenvalue weighted by Gasteiger charge is 2.39. The maximum atomic E-state index is 13.6. The minimum absolute atomic E-state index is 0.0705. The molecular weight excluding hydrogens is 497 g/mol. The largest absolute Gasteiger partial charge is 0.438 e. The van der Waals surface area contributed by atoms with Crippen LogP contribution in [0.4, 0.5) is 18.0 Å². The second kappa shape index (κ2) is 11.1. The van der Waals surface area contributed by atoms with Crippen LogP contribution < -0.4 is 15.8 Å². The van der Waals surface area contributed by atoms with Crippen molar-refractivity contribution in [2.45, 2.75) is 53.1 Å². The number of amides is 1. The van der Waals surface area contributed by atoms with E-state index >= 15 is 0 Å². The van der Waals surface area contributed by atoms with Crippen molar-refractivity contribution < 1.29 is 22.7 Å². The molecular formula is C27H29F3N6O2. The summed E-state index contributed by atoms with van der Waals surface area (Å²) in [7, 11) is 0. The Kier molecular flexibility index (Phi) is 7.86. The number of hydrogen-bond donors (Lipinski definition) is 2. The molecule has 0 saturated heterocycles. The Morgan fingerprint density at radius 3 is 2.11 bits per heavy atom. The second-order valence-electron chi connectivity index (χ2n) is 9.22. The fourth-order valence-electron chi connectivity index (χ4n) is 4.21. The molecule has 4 aromatic rings. The highest BCUT2D eigenvalue weighted by Crippen LogP contribution is 2.35. The first-order valence-electron chi connectivity index (χ1n) is 12.0. The lowest BCUT2D eigenvalue weighted by atomic mass is 9.99. The lowest BCUT2D eigenvalue weighted by Crippen LogP contribution is -2.27. The summed E-state index contributed by atoms with van der Waals surface area (Å²) in [5.41, 5.74) is 10.8. The average Bonchev–Trinajstić information content (AvgIpc) is 3.45. The summed E-state index contributed by atoms with van der Waals surface area (Å²) in [4.78, 5) is 12.4. The van der Waals surface area contributed by atoms with Gasteiger partial charge >= 0.3 is 12.3 Å². The molecule has 0 atom stereocenters. The molecule has 2 aromatic heterocycles. The molecule has 0 aliphatic carbocycles. The average molecular weight is 527 g/mol. The van der Waals surface area contributed by atoms with Crippen LogP contribution in [0.1, 0.15) is 44.6 Å². The van der Waals surface area contributed by atoms with Gasteiger partial charge in [0.25, 0.3) is 0 Å². The van der Waals surface area contributed by atoms with Crippen LogP contribution in [0.5, 0.6) is 5.75 Å². The van der Waals surface area contributed by atoms with Gasteiger partial charge in [-0.05, 0) is 59.7 Å². The topological polar surface area (TPSA) is 100.0 Å². The van der Waals surface area contributed by atoms with Crippen LogP contribution in [0, 0.1) is 20.8 Å². The minimum Gasteiger partial charge on any atom is -0.406 e. The summed E-state index contributed by atoms with van der Waals surface area (Å²) in [6.45, 7) is 6.85. The summed E-state index contributed by atoms with van der Waals surface area (Å²) < 4.78 is 48.9. The molecule has 4 rings (SSSR count). The molecule has 0 radical (unpaired) electrons. The molecule has 1 amide bonds. The van der Waals surface area contributed by atoms with Gasteiger partial charge in [0.05, 0.1) is 25.5 Å². The quantitative estimate of drug-likeness (QED) is 0.341. The summed E-state index contributed by atoms with van der Waals surface area (Å²) in [5, 5.41) is 10.4. The fraction of sp³-hybridized carbons (Fsp3) is 0.296. The van der Waals surface area contributed by atoms with Gasteiger partial charge < -0.3 is 15.8 Å². The molecule has 0 unspecified atom stereocenters. The van der Waals surface area contributed by atoms with E-state index in [0.717, 1.165) is 49.8 Å². The first-order chi connectivity index (χ1) is 18.0. The molecule has 2 aromatic carbocycles. The zero-order chi connectivity index (χ0) is 27.4. The Labute approximate surface area is 218 Å². The van der Waals surface area contributed by atoms with Gasteiger partial charge in [-0.2, -0.15) is 23.4 Å². The number of nitrogens with two attached hydrogens (primary N) is 1. The number of ether oxygens (including phenoxy) is 1. The number of rotatable bonds is 8. The first kappa shape index (κ1) is 26.9. The van der Waals surface area contributed by atoms with Crippen LogP contribution in [0.15, 0.2) is 55.0 Å². The van der Waals surface area contributed by atoms with E-state index in [1.807, 2.05) is 63.4 Å². The van der Waals surface area contributed by atoms with Crippen LogP contribution in [0.2, 0.25) is 0 Å². The molecule has 3 N–H and O–H groups in total. The third kappa shape index (κ3) is 6.60. The van der Waals surface area contributed by atoms with Gasteiger partial charge in [-0.15, -0.1) is 0 Å². The van der Waals surface area contributed by atoms with Crippen molar-refractivity contribution >= 4 is 6.09 Å². The molecule has 38 heavy (non-hydrogen) atoms. The number of benzene rings is 2. The molecule has 2 heterocycles. The molecule has 8 nitrogen and oxygen atoms in total. The van der Waals surface area contributed by atoms with Crippen molar-refractivity contribution in [3.05, 3.63) is 99.6 Å². The molecule has 0 fully saturated rings. The monoisotopic (exact) mass is 526 g/mol. The smallest absolute Gasteiger partial charge is 0.406 e. The van der Waals surface area contributed by atoms with Crippen LogP contribution >= 0.6 is 0 Å². The lowest BCUT2D eigenvalue weighted by molar-refractivity contribution is -0.142. The van der Waals surface area contributed by atoms with Gasteiger partial charge in [-0.3, -0.25) is 9.36 Å². The molecule has 200 valence electrons. The molecule has 11 heteroatoms. The van der Waals surface area contributed by atoms with Crippen molar-refractivity contribution in [1.82, 2.24) is 24.9 Å². The van der Waals surface area contributed by atoms with Crippen molar-refractivity contribution in [3.63, 3.8) is 0 Å². The van der Waals surface area contributed by atoms with Gasteiger partial charge in [0.15, 0.2) is 5.75 Å². The zero-order valence-corrected chi connectivity index (χ0v) is 21.3. The standard InChI is InChI=1S/C27H29F3N6O2/c1-17-11-33-35(13-17)14-20-4-6-21(7-5-20)15-36-16-24(25(34-36)27(28,29)30)38-26(37)32-12-23-18(2)8-22(10-31)9-19(23)3/h4-9,11,13,16H,10,12,14-15,31H2,1-3H3,(H,32,37). The molecule has 0 aliphatic rings. The second-order valence-corrected chi connectivity index (χ2v) is 9.22. The number of carbonyl (C=O) groups is 1. The number of aryl methyl sites for hydroxylation is 3. The van der Waals surface area contributed by atoms with E-state index < -0.39 is 23.7 Å². The molecule has 0 bridgehead atoms. The molecule has 0 spiro atoms. The number of nitrogens with one attached hydrogen (secondary N) is 1. The normalized spacial score (nSPS) is 11.6. The Balaban J connectivity index is 1.43. The Morgan fingerprint density at radius 1 is 0.974 bits per heavy atom. The number of aromatic nitrogens is 4. The van der Waals surface area contributed by atoms with E-state index in [9.17, 15) is 18.0 Å². The first-order valence-corrected chi connectivity index (χ1v) is 12.0. The lowest BCUT2D eigenvalue weighted by Gasteiger charge is -2.13. The fourth-order valence-corrected chi connectivity index (χ4v) is 4.21. The summed E-state index contributed by atoms with van der Waals surface area (Å²) in [6, 6.07) is 11.2. The third-order valence-corrected chi connectivity index (χ3v) is 6.07. The highest BCUT2D eigenvalue weighted by atomic mass is 19.4. The van der Waals surface area contributed by atoms with Crippen LogP contribution in [0.25, 0.3) is 0 Å².